The molecule has 1 aromatic heterocycles. The van der Waals surface area contributed by atoms with Crippen LogP contribution >= 0.6 is 0 Å². The zero-order valence-electron chi connectivity index (χ0n) is 9.40. The predicted molar refractivity (Wildman–Crippen MR) is 67.3 cm³/mol. The number of hydrogen-bond acceptors (Lipinski definition) is 4. The fraction of sp³-hybridized carbons (Fsp3) is 0.333. The van der Waals surface area contributed by atoms with E-state index in [1.165, 1.54) is 0 Å². The van der Waals surface area contributed by atoms with Crippen LogP contribution in [0.25, 0.3) is 11.0 Å². The molecule has 0 unspecified atom stereocenters. The highest BCUT2D eigenvalue weighted by Gasteiger charge is 2.04. The minimum absolute atomic E-state index is 0.467. The summed E-state index contributed by atoms with van der Waals surface area (Å²) in [4.78, 5) is 8.76. The highest BCUT2D eigenvalue weighted by molar-refractivity contribution is 5.79. The van der Waals surface area contributed by atoms with Crippen LogP contribution in [0.2, 0.25) is 0 Å². The molecule has 0 aliphatic carbocycles. The van der Waals surface area contributed by atoms with Crippen LogP contribution in [0.3, 0.4) is 0 Å². The van der Waals surface area contributed by atoms with Crippen LogP contribution in [0, 0.1) is 0 Å². The number of fused-ring (bicyclic) bond motifs is 1. The molecule has 0 aliphatic rings. The van der Waals surface area contributed by atoms with Crippen molar-refractivity contribution in [3.63, 3.8) is 0 Å². The van der Waals surface area contributed by atoms with Gasteiger partial charge in [-0.15, -0.1) is 0 Å². The summed E-state index contributed by atoms with van der Waals surface area (Å²) in [6, 6.07) is 7.73. The number of anilines is 2. The van der Waals surface area contributed by atoms with Gasteiger partial charge in [0, 0.05) is 6.54 Å². The predicted octanol–water partition coefficient (Wildman–Crippen LogP) is 2.42. The van der Waals surface area contributed by atoms with Gasteiger partial charge in [-0.3, -0.25) is 0 Å². The summed E-state index contributed by atoms with van der Waals surface area (Å²) in [6.07, 6.45) is 2.25. The Morgan fingerprint density at radius 1 is 1.19 bits per heavy atom. The first-order valence-corrected chi connectivity index (χ1v) is 5.57. The molecule has 0 aliphatic heterocycles. The first kappa shape index (κ1) is 10.7. The fourth-order valence-corrected chi connectivity index (χ4v) is 1.53. The minimum Gasteiger partial charge on any atom is -0.381 e. The van der Waals surface area contributed by atoms with Crippen molar-refractivity contribution in [1.29, 1.82) is 0 Å². The van der Waals surface area contributed by atoms with Crippen molar-refractivity contribution in [3.05, 3.63) is 24.3 Å². The van der Waals surface area contributed by atoms with Crippen LogP contribution in [0.4, 0.5) is 11.6 Å². The lowest BCUT2D eigenvalue weighted by Crippen LogP contribution is -2.07. The number of hydrogen-bond donors (Lipinski definition) is 2. The molecule has 16 heavy (non-hydrogen) atoms. The second kappa shape index (κ2) is 4.79. The number of nitrogens with two attached hydrogens (primary N) is 1. The van der Waals surface area contributed by atoms with Gasteiger partial charge in [0.25, 0.3) is 0 Å². The van der Waals surface area contributed by atoms with Crippen molar-refractivity contribution in [2.45, 2.75) is 19.8 Å². The number of aromatic nitrogens is 2. The maximum atomic E-state index is 5.83. The largest absolute Gasteiger partial charge is 0.381 e. The summed E-state index contributed by atoms with van der Waals surface area (Å²) < 4.78 is 0. The Balaban J connectivity index is 2.27. The fourth-order valence-electron chi connectivity index (χ4n) is 1.53. The van der Waals surface area contributed by atoms with Gasteiger partial charge in [-0.2, -0.15) is 0 Å². The van der Waals surface area contributed by atoms with Crippen LogP contribution in [0.15, 0.2) is 24.3 Å². The van der Waals surface area contributed by atoms with Crippen molar-refractivity contribution in [2.75, 3.05) is 17.6 Å². The van der Waals surface area contributed by atoms with Gasteiger partial charge in [-0.25, -0.2) is 9.97 Å². The Labute approximate surface area is 94.9 Å². The summed E-state index contributed by atoms with van der Waals surface area (Å²) in [5, 5.41) is 3.21. The zero-order chi connectivity index (χ0) is 11.4. The third-order valence-corrected chi connectivity index (χ3v) is 2.42. The lowest BCUT2D eigenvalue weighted by Gasteiger charge is -2.08. The summed E-state index contributed by atoms with van der Waals surface area (Å²) in [5.41, 5.74) is 7.54. The molecule has 1 aromatic carbocycles. The molecule has 0 atom stereocenters. The number of nitrogen functional groups attached to an aromatic ring is 1. The second-order valence-electron chi connectivity index (χ2n) is 3.73. The topological polar surface area (TPSA) is 63.8 Å². The highest BCUT2D eigenvalue weighted by Crippen LogP contribution is 2.18. The van der Waals surface area contributed by atoms with E-state index in [9.17, 15) is 0 Å². The first-order chi connectivity index (χ1) is 7.81. The van der Waals surface area contributed by atoms with Crippen LogP contribution < -0.4 is 11.1 Å². The third-order valence-electron chi connectivity index (χ3n) is 2.42. The second-order valence-corrected chi connectivity index (χ2v) is 3.73. The van der Waals surface area contributed by atoms with Gasteiger partial charge in [0.1, 0.15) is 0 Å². The quantitative estimate of drug-likeness (QED) is 0.770. The standard InChI is InChI=1S/C12H16N4/c1-2-3-8-14-12-11(13)15-9-6-4-5-7-10(9)16-12/h4-7H,2-3,8H2,1H3,(H2,13,15)(H,14,16). The monoisotopic (exact) mass is 216 g/mol. The average Bonchev–Trinajstić information content (AvgIpc) is 2.30. The smallest absolute Gasteiger partial charge is 0.169 e. The molecule has 0 saturated carbocycles. The molecule has 2 rings (SSSR count). The summed E-state index contributed by atoms with van der Waals surface area (Å²) in [7, 11) is 0. The molecule has 2 aromatic rings. The first-order valence-electron chi connectivity index (χ1n) is 5.57. The number of nitrogens with zero attached hydrogens (tertiary/aromatic N) is 2. The van der Waals surface area contributed by atoms with Gasteiger partial charge in [0.15, 0.2) is 11.6 Å². The van der Waals surface area contributed by atoms with Crippen molar-refractivity contribution in [2.24, 2.45) is 0 Å². The van der Waals surface area contributed by atoms with Crippen LogP contribution in [-0.4, -0.2) is 16.5 Å². The van der Waals surface area contributed by atoms with Gasteiger partial charge in [0.2, 0.25) is 0 Å². The van der Waals surface area contributed by atoms with E-state index in [4.69, 9.17) is 5.73 Å². The van der Waals surface area contributed by atoms with Crippen LogP contribution in [0.1, 0.15) is 19.8 Å². The number of para-hydroxylation sites is 2. The van der Waals surface area contributed by atoms with Crippen molar-refractivity contribution >= 4 is 22.7 Å². The maximum absolute atomic E-state index is 5.83. The van der Waals surface area contributed by atoms with E-state index in [1.807, 2.05) is 24.3 Å². The van der Waals surface area contributed by atoms with E-state index in [-0.39, 0.29) is 0 Å². The molecule has 84 valence electrons. The molecular weight excluding hydrogens is 200 g/mol. The molecule has 3 N–H and O–H groups in total. The van der Waals surface area contributed by atoms with E-state index in [0.29, 0.717) is 11.6 Å². The molecule has 0 amide bonds. The molecule has 0 saturated heterocycles. The average molecular weight is 216 g/mol. The molecule has 4 heteroatoms. The maximum Gasteiger partial charge on any atom is 0.169 e. The molecule has 0 bridgehead atoms. The lowest BCUT2D eigenvalue weighted by atomic mass is 10.3. The SMILES string of the molecule is CCCCNc1nc2ccccc2nc1N. The van der Waals surface area contributed by atoms with Gasteiger partial charge >= 0.3 is 0 Å². The third kappa shape index (κ3) is 2.21. The number of unbranched alkanes of at least 4 members (excludes halogenated alkanes) is 1. The van der Waals surface area contributed by atoms with Gasteiger partial charge in [-0.1, -0.05) is 25.5 Å². The normalized spacial score (nSPS) is 10.6. The molecule has 0 radical (unpaired) electrons. The summed E-state index contributed by atoms with van der Waals surface area (Å²) in [5.74, 6) is 1.15. The van der Waals surface area contributed by atoms with E-state index in [2.05, 4.69) is 22.2 Å². The Bertz CT molecular complexity index is 481. The number of benzene rings is 1. The summed E-state index contributed by atoms with van der Waals surface area (Å²) >= 11 is 0. The summed E-state index contributed by atoms with van der Waals surface area (Å²) in [6.45, 7) is 3.03. The van der Waals surface area contributed by atoms with E-state index in [1.54, 1.807) is 0 Å². The van der Waals surface area contributed by atoms with Gasteiger partial charge in [0.05, 0.1) is 11.0 Å². The lowest BCUT2D eigenvalue weighted by molar-refractivity contribution is 0.831. The van der Waals surface area contributed by atoms with Crippen molar-refractivity contribution in [1.82, 2.24) is 9.97 Å². The Morgan fingerprint density at radius 3 is 2.56 bits per heavy atom. The molecule has 0 spiro atoms. The van der Waals surface area contributed by atoms with Crippen LogP contribution in [0.5, 0.6) is 0 Å². The van der Waals surface area contributed by atoms with Crippen LogP contribution in [-0.2, 0) is 0 Å². The highest BCUT2D eigenvalue weighted by atomic mass is 15.1. The Morgan fingerprint density at radius 2 is 1.88 bits per heavy atom. The Kier molecular flexibility index (Phi) is 3.19. The van der Waals surface area contributed by atoms with E-state index < -0.39 is 0 Å². The van der Waals surface area contributed by atoms with Gasteiger partial charge < -0.3 is 11.1 Å². The van der Waals surface area contributed by atoms with Gasteiger partial charge in [-0.05, 0) is 18.6 Å². The molecule has 4 nitrogen and oxygen atoms in total. The van der Waals surface area contributed by atoms with E-state index >= 15 is 0 Å². The number of nitrogens with one attached hydrogen (secondary N) is 1. The molecule has 1 heterocycles. The molecule has 0 fully saturated rings. The zero-order valence-corrected chi connectivity index (χ0v) is 9.40. The molecular formula is C12H16N4. The van der Waals surface area contributed by atoms with Crippen molar-refractivity contribution in [3.8, 4) is 0 Å². The van der Waals surface area contributed by atoms with E-state index in [0.717, 1.165) is 30.4 Å². The Hall–Kier alpha value is -1.84. The van der Waals surface area contributed by atoms with Crippen molar-refractivity contribution < 1.29 is 0 Å². The minimum atomic E-state index is 0.467. The number of rotatable bonds is 4.